The van der Waals surface area contributed by atoms with Crippen molar-refractivity contribution in [2.75, 3.05) is 14.2 Å². The number of ether oxygens (including phenoxy) is 3. The number of aromatic hydroxyl groups is 1. The molecule has 0 heterocycles. The van der Waals surface area contributed by atoms with Gasteiger partial charge in [-0.05, 0) is 32.9 Å². The van der Waals surface area contributed by atoms with Gasteiger partial charge in [-0.2, -0.15) is 0 Å². The highest BCUT2D eigenvalue weighted by Crippen LogP contribution is 2.37. The third kappa shape index (κ3) is 3.29. The minimum Gasteiger partial charge on any atom is -0.502 e. The van der Waals surface area contributed by atoms with Crippen molar-refractivity contribution in [3.8, 4) is 17.2 Å². The molecule has 1 rings (SSSR count). The summed E-state index contributed by atoms with van der Waals surface area (Å²) in [5, 5.41) is 9.73. The number of esters is 1. The first-order chi connectivity index (χ1) is 8.28. The summed E-state index contributed by atoms with van der Waals surface area (Å²) in [6.45, 7) is 5.33. The molecular formula is C13H18O5. The number of benzene rings is 1. The van der Waals surface area contributed by atoms with Crippen LogP contribution >= 0.6 is 0 Å². The van der Waals surface area contributed by atoms with Crippen LogP contribution in [0, 0.1) is 0 Å². The molecule has 0 radical (unpaired) electrons. The minimum atomic E-state index is -0.588. The number of carbonyl (C=O) groups excluding carboxylic acids is 1. The summed E-state index contributed by atoms with van der Waals surface area (Å²) in [7, 11) is 2.79. The van der Waals surface area contributed by atoms with Crippen molar-refractivity contribution < 1.29 is 24.1 Å². The molecule has 0 bridgehead atoms. The van der Waals surface area contributed by atoms with Crippen LogP contribution in [0.4, 0.5) is 0 Å². The second-order valence-corrected chi connectivity index (χ2v) is 4.73. The molecule has 0 unspecified atom stereocenters. The van der Waals surface area contributed by atoms with Crippen molar-refractivity contribution in [2.24, 2.45) is 0 Å². The van der Waals surface area contributed by atoms with Crippen molar-refractivity contribution in [3.63, 3.8) is 0 Å². The molecule has 0 aliphatic rings. The lowest BCUT2D eigenvalue weighted by molar-refractivity contribution is 0.00688. The van der Waals surface area contributed by atoms with Gasteiger partial charge in [0, 0.05) is 0 Å². The minimum absolute atomic E-state index is 0.146. The summed E-state index contributed by atoms with van der Waals surface area (Å²) in [6.07, 6.45) is 0. The van der Waals surface area contributed by atoms with E-state index in [0.717, 1.165) is 0 Å². The maximum absolute atomic E-state index is 11.9. The standard InChI is InChI=1S/C13H18O5/c1-13(2,3)18-12(15)8-6-9(16-4)11(14)10(7-8)17-5/h6-7,14H,1-5H3. The van der Waals surface area contributed by atoms with Crippen LogP contribution in [0.1, 0.15) is 31.1 Å². The number of phenolic OH excluding ortho intramolecular Hbond substituents is 1. The largest absolute Gasteiger partial charge is 0.502 e. The van der Waals surface area contributed by atoms with Crippen molar-refractivity contribution in [3.05, 3.63) is 17.7 Å². The second kappa shape index (κ2) is 5.16. The lowest BCUT2D eigenvalue weighted by atomic mass is 10.1. The quantitative estimate of drug-likeness (QED) is 0.839. The van der Waals surface area contributed by atoms with Crippen LogP contribution in [0.5, 0.6) is 17.2 Å². The van der Waals surface area contributed by atoms with Crippen molar-refractivity contribution in [1.29, 1.82) is 0 Å². The Kier molecular flexibility index (Phi) is 4.06. The molecule has 0 aromatic heterocycles. The molecule has 0 aliphatic carbocycles. The summed E-state index contributed by atoms with van der Waals surface area (Å²) >= 11 is 0. The van der Waals surface area contributed by atoms with E-state index in [2.05, 4.69) is 0 Å². The van der Waals surface area contributed by atoms with E-state index in [4.69, 9.17) is 14.2 Å². The molecule has 0 amide bonds. The average molecular weight is 254 g/mol. The maximum atomic E-state index is 11.9. The topological polar surface area (TPSA) is 65.0 Å². The van der Waals surface area contributed by atoms with Gasteiger partial charge in [0.1, 0.15) is 5.60 Å². The number of hydrogen-bond acceptors (Lipinski definition) is 5. The Hall–Kier alpha value is -1.91. The van der Waals surface area contributed by atoms with E-state index in [0.29, 0.717) is 0 Å². The number of rotatable bonds is 3. The number of phenols is 1. The molecule has 1 aromatic rings. The van der Waals surface area contributed by atoms with Crippen LogP contribution < -0.4 is 9.47 Å². The van der Waals surface area contributed by atoms with Crippen LogP contribution in [0.15, 0.2) is 12.1 Å². The highest BCUT2D eigenvalue weighted by Gasteiger charge is 2.21. The molecule has 0 fully saturated rings. The Morgan fingerprint density at radius 1 is 1.11 bits per heavy atom. The van der Waals surface area contributed by atoms with Gasteiger partial charge in [0.15, 0.2) is 11.5 Å². The summed E-state index contributed by atoms with van der Waals surface area (Å²) in [4.78, 5) is 11.9. The van der Waals surface area contributed by atoms with Crippen LogP contribution in [-0.4, -0.2) is 30.9 Å². The zero-order chi connectivity index (χ0) is 13.9. The summed E-state index contributed by atoms with van der Waals surface area (Å²) < 4.78 is 15.2. The number of carbonyl (C=O) groups is 1. The van der Waals surface area contributed by atoms with E-state index < -0.39 is 11.6 Å². The van der Waals surface area contributed by atoms with Gasteiger partial charge in [0.2, 0.25) is 5.75 Å². The fourth-order valence-corrected chi connectivity index (χ4v) is 1.35. The van der Waals surface area contributed by atoms with Crippen LogP contribution in [-0.2, 0) is 4.74 Å². The van der Waals surface area contributed by atoms with Crippen LogP contribution in [0.3, 0.4) is 0 Å². The van der Waals surface area contributed by atoms with Gasteiger partial charge in [0.05, 0.1) is 19.8 Å². The molecule has 1 aromatic carbocycles. The molecule has 0 spiro atoms. The molecule has 0 aliphatic heterocycles. The van der Waals surface area contributed by atoms with E-state index in [-0.39, 0.29) is 22.8 Å². The predicted molar refractivity (Wildman–Crippen MR) is 66.4 cm³/mol. The van der Waals surface area contributed by atoms with E-state index in [1.807, 2.05) is 0 Å². The molecule has 5 nitrogen and oxygen atoms in total. The molecular weight excluding hydrogens is 236 g/mol. The highest BCUT2D eigenvalue weighted by molar-refractivity contribution is 5.91. The molecule has 0 saturated heterocycles. The van der Waals surface area contributed by atoms with Gasteiger partial charge in [-0.3, -0.25) is 0 Å². The molecule has 18 heavy (non-hydrogen) atoms. The smallest absolute Gasteiger partial charge is 0.338 e. The lowest BCUT2D eigenvalue weighted by Crippen LogP contribution is -2.23. The molecule has 0 saturated carbocycles. The van der Waals surface area contributed by atoms with Crippen LogP contribution in [0.25, 0.3) is 0 Å². The first-order valence-electron chi connectivity index (χ1n) is 5.47. The Morgan fingerprint density at radius 2 is 1.56 bits per heavy atom. The summed E-state index contributed by atoms with van der Waals surface area (Å²) in [5.74, 6) is -0.322. The average Bonchev–Trinajstić information content (AvgIpc) is 2.27. The normalized spacial score (nSPS) is 10.9. The highest BCUT2D eigenvalue weighted by atomic mass is 16.6. The zero-order valence-electron chi connectivity index (χ0n) is 11.2. The third-order valence-electron chi connectivity index (χ3n) is 2.11. The van der Waals surface area contributed by atoms with Gasteiger partial charge in [-0.25, -0.2) is 4.79 Å². The fraction of sp³-hybridized carbons (Fsp3) is 0.462. The first kappa shape index (κ1) is 14.2. The van der Waals surface area contributed by atoms with E-state index in [9.17, 15) is 9.90 Å². The SMILES string of the molecule is COc1cc(C(=O)OC(C)(C)C)cc(OC)c1O. The Bertz CT molecular complexity index is 420. The van der Waals surface area contributed by atoms with E-state index in [1.54, 1.807) is 20.8 Å². The molecule has 100 valence electrons. The van der Waals surface area contributed by atoms with Gasteiger partial charge in [-0.1, -0.05) is 0 Å². The molecule has 1 N–H and O–H groups in total. The summed E-state index contributed by atoms with van der Waals surface area (Å²) in [5.41, 5.74) is -0.327. The van der Waals surface area contributed by atoms with Crippen molar-refractivity contribution in [2.45, 2.75) is 26.4 Å². The van der Waals surface area contributed by atoms with Gasteiger partial charge in [-0.15, -0.1) is 0 Å². The number of methoxy groups -OCH3 is 2. The van der Waals surface area contributed by atoms with Crippen LogP contribution in [0.2, 0.25) is 0 Å². The lowest BCUT2D eigenvalue weighted by Gasteiger charge is -2.20. The third-order valence-corrected chi connectivity index (χ3v) is 2.11. The predicted octanol–water partition coefficient (Wildman–Crippen LogP) is 2.36. The van der Waals surface area contributed by atoms with E-state index >= 15 is 0 Å². The second-order valence-electron chi connectivity index (χ2n) is 4.73. The molecule has 0 atom stereocenters. The zero-order valence-corrected chi connectivity index (χ0v) is 11.2. The Labute approximate surface area is 106 Å². The Morgan fingerprint density at radius 3 is 1.89 bits per heavy atom. The Balaban J connectivity index is 3.14. The van der Waals surface area contributed by atoms with Crippen molar-refractivity contribution in [1.82, 2.24) is 0 Å². The van der Waals surface area contributed by atoms with Crippen molar-refractivity contribution >= 4 is 5.97 Å². The van der Waals surface area contributed by atoms with E-state index in [1.165, 1.54) is 26.4 Å². The van der Waals surface area contributed by atoms with Gasteiger partial charge >= 0.3 is 5.97 Å². The number of hydrogen-bond donors (Lipinski definition) is 1. The monoisotopic (exact) mass is 254 g/mol. The first-order valence-corrected chi connectivity index (χ1v) is 5.47. The van der Waals surface area contributed by atoms with Gasteiger partial charge < -0.3 is 19.3 Å². The van der Waals surface area contributed by atoms with Gasteiger partial charge in [0.25, 0.3) is 0 Å². The fourth-order valence-electron chi connectivity index (χ4n) is 1.35. The maximum Gasteiger partial charge on any atom is 0.338 e. The summed E-state index contributed by atoms with van der Waals surface area (Å²) in [6, 6.07) is 2.82. The molecule has 5 heteroatoms.